The molecule has 0 saturated carbocycles. The summed E-state index contributed by atoms with van der Waals surface area (Å²) < 4.78 is 3.18. The number of aryl methyl sites for hydroxylation is 1. The minimum Gasteiger partial charge on any atom is -0.508 e. The lowest BCUT2D eigenvalue weighted by molar-refractivity contribution is 0.456. The molecule has 4 rings (SSSR count). The minimum atomic E-state index is -0.486. The molecule has 0 bridgehead atoms. The number of anilines is 2. The van der Waals surface area contributed by atoms with E-state index in [0.29, 0.717) is 30.2 Å². The molecule has 0 fully saturated rings. The lowest BCUT2D eigenvalue weighted by Gasteiger charge is -2.32. The second-order valence-electron chi connectivity index (χ2n) is 6.25. The number of hydrogen-bond acceptors (Lipinski definition) is 5. The van der Waals surface area contributed by atoms with Gasteiger partial charge in [0.2, 0.25) is 5.95 Å². The van der Waals surface area contributed by atoms with Crippen molar-refractivity contribution in [1.29, 1.82) is 0 Å². The molecule has 0 unspecified atom stereocenters. The van der Waals surface area contributed by atoms with E-state index in [0.717, 1.165) is 5.69 Å². The second-order valence-corrected chi connectivity index (χ2v) is 6.25. The molecule has 0 amide bonds. The predicted molar refractivity (Wildman–Crippen MR) is 89.9 cm³/mol. The molecule has 0 aliphatic carbocycles. The van der Waals surface area contributed by atoms with Crippen molar-refractivity contribution in [2.75, 3.05) is 11.4 Å². The molecule has 0 radical (unpaired) electrons. The normalized spacial score (nSPS) is 17.2. The van der Waals surface area contributed by atoms with Gasteiger partial charge in [0.15, 0.2) is 11.2 Å². The average Bonchev–Trinajstić information content (AvgIpc) is 2.91. The standard InChI is InChI=1S/C16H17N5O3/c1-9-7-20(10-4-3-5-11(22)6-10)15-17-13-12(21(15)8-9)14(23)18-16(24)19(13)2/h3-6,9,22H,7-8H2,1-2H3,(H,18,23,24)/t9-/m0/s1. The van der Waals surface area contributed by atoms with Crippen molar-refractivity contribution in [3.63, 3.8) is 0 Å². The van der Waals surface area contributed by atoms with Crippen molar-refractivity contribution in [3.05, 3.63) is 45.1 Å². The summed E-state index contributed by atoms with van der Waals surface area (Å²) >= 11 is 0. The van der Waals surface area contributed by atoms with Gasteiger partial charge in [-0.1, -0.05) is 13.0 Å². The number of nitrogens with one attached hydrogen (secondary N) is 1. The molecule has 124 valence electrons. The molecule has 1 aliphatic rings. The van der Waals surface area contributed by atoms with Crippen molar-refractivity contribution in [2.45, 2.75) is 13.5 Å². The Morgan fingerprint density at radius 3 is 2.83 bits per heavy atom. The summed E-state index contributed by atoms with van der Waals surface area (Å²) in [5.41, 5.74) is 0.623. The molecule has 0 spiro atoms. The minimum absolute atomic E-state index is 0.165. The first-order chi connectivity index (χ1) is 11.5. The van der Waals surface area contributed by atoms with Crippen molar-refractivity contribution in [1.82, 2.24) is 19.1 Å². The van der Waals surface area contributed by atoms with E-state index in [1.807, 2.05) is 15.5 Å². The van der Waals surface area contributed by atoms with E-state index in [1.165, 1.54) is 4.57 Å². The van der Waals surface area contributed by atoms with Gasteiger partial charge in [-0.2, -0.15) is 4.98 Å². The van der Waals surface area contributed by atoms with Gasteiger partial charge in [-0.15, -0.1) is 0 Å². The van der Waals surface area contributed by atoms with Crippen LogP contribution in [0, 0.1) is 5.92 Å². The van der Waals surface area contributed by atoms with E-state index < -0.39 is 11.2 Å². The number of nitrogens with zero attached hydrogens (tertiary/aromatic N) is 4. The number of phenolic OH excluding ortho intramolecular Hbond substituents is 1. The Labute approximate surface area is 136 Å². The molecule has 1 aliphatic heterocycles. The van der Waals surface area contributed by atoms with Gasteiger partial charge in [0.25, 0.3) is 5.56 Å². The van der Waals surface area contributed by atoms with Crippen molar-refractivity contribution in [3.8, 4) is 5.75 Å². The summed E-state index contributed by atoms with van der Waals surface area (Å²) in [6.07, 6.45) is 0. The zero-order chi connectivity index (χ0) is 17.0. The Kier molecular flexibility index (Phi) is 3.02. The van der Waals surface area contributed by atoms with Gasteiger partial charge in [0.1, 0.15) is 5.75 Å². The highest BCUT2D eigenvalue weighted by Crippen LogP contribution is 2.33. The Morgan fingerprint density at radius 1 is 1.29 bits per heavy atom. The fraction of sp³-hybridized carbons (Fsp3) is 0.312. The van der Waals surface area contributed by atoms with E-state index in [9.17, 15) is 14.7 Å². The molecule has 24 heavy (non-hydrogen) atoms. The van der Waals surface area contributed by atoms with E-state index in [2.05, 4.69) is 16.9 Å². The summed E-state index contributed by atoms with van der Waals surface area (Å²) in [7, 11) is 1.59. The third-order valence-electron chi connectivity index (χ3n) is 4.36. The molecular weight excluding hydrogens is 310 g/mol. The van der Waals surface area contributed by atoms with Gasteiger partial charge in [0, 0.05) is 31.9 Å². The Morgan fingerprint density at radius 2 is 2.08 bits per heavy atom. The summed E-state index contributed by atoms with van der Waals surface area (Å²) in [4.78, 5) is 33.0. The largest absolute Gasteiger partial charge is 0.508 e. The highest BCUT2D eigenvalue weighted by atomic mass is 16.3. The van der Waals surface area contributed by atoms with Crippen LogP contribution in [0.15, 0.2) is 33.9 Å². The maximum atomic E-state index is 12.3. The highest BCUT2D eigenvalue weighted by molar-refractivity contribution is 5.77. The molecule has 8 nitrogen and oxygen atoms in total. The fourth-order valence-corrected chi connectivity index (χ4v) is 3.25. The quantitative estimate of drug-likeness (QED) is 0.693. The van der Waals surface area contributed by atoms with E-state index >= 15 is 0 Å². The van der Waals surface area contributed by atoms with Crippen LogP contribution < -0.4 is 16.1 Å². The first-order valence-corrected chi connectivity index (χ1v) is 7.72. The van der Waals surface area contributed by atoms with Gasteiger partial charge in [-0.3, -0.25) is 14.3 Å². The SMILES string of the molecule is C[C@H]1CN(c2cccc(O)c2)c2nc3c(c(=O)[nH]c(=O)n3C)n2C1. The van der Waals surface area contributed by atoms with Gasteiger partial charge >= 0.3 is 5.69 Å². The third kappa shape index (κ3) is 2.03. The van der Waals surface area contributed by atoms with Crippen LogP contribution in [0.4, 0.5) is 11.6 Å². The Bertz CT molecular complexity index is 1060. The van der Waals surface area contributed by atoms with Crippen LogP contribution in [0.25, 0.3) is 11.2 Å². The number of aromatic hydroxyl groups is 1. The maximum absolute atomic E-state index is 12.3. The summed E-state index contributed by atoms with van der Waals surface area (Å²) in [5.74, 6) is 1.04. The van der Waals surface area contributed by atoms with Gasteiger partial charge < -0.3 is 14.6 Å². The van der Waals surface area contributed by atoms with Crippen molar-refractivity contribution >= 4 is 22.8 Å². The summed E-state index contributed by atoms with van der Waals surface area (Å²) in [6.45, 7) is 3.43. The number of fused-ring (bicyclic) bond motifs is 3. The molecule has 8 heteroatoms. The topological polar surface area (TPSA) is 96.2 Å². The van der Waals surface area contributed by atoms with Crippen LogP contribution in [0.5, 0.6) is 5.75 Å². The molecule has 2 aromatic heterocycles. The van der Waals surface area contributed by atoms with E-state index in [1.54, 1.807) is 25.2 Å². The van der Waals surface area contributed by atoms with Gasteiger partial charge in [-0.25, -0.2) is 4.79 Å². The van der Waals surface area contributed by atoms with Crippen LogP contribution >= 0.6 is 0 Å². The number of aromatic nitrogens is 4. The van der Waals surface area contributed by atoms with Crippen molar-refractivity contribution < 1.29 is 5.11 Å². The summed E-state index contributed by atoms with van der Waals surface area (Å²) in [6, 6.07) is 6.91. The van der Waals surface area contributed by atoms with Crippen molar-refractivity contribution in [2.24, 2.45) is 13.0 Å². The number of H-pyrrole nitrogens is 1. The monoisotopic (exact) mass is 327 g/mol. The Hall–Kier alpha value is -3.03. The lowest BCUT2D eigenvalue weighted by Crippen LogP contribution is -2.35. The first-order valence-electron chi connectivity index (χ1n) is 7.72. The number of rotatable bonds is 1. The van der Waals surface area contributed by atoms with Gasteiger partial charge in [-0.05, 0) is 18.1 Å². The number of hydrogen-bond donors (Lipinski definition) is 2. The number of aromatic amines is 1. The van der Waals surface area contributed by atoms with Crippen LogP contribution in [0.3, 0.4) is 0 Å². The fourth-order valence-electron chi connectivity index (χ4n) is 3.25. The highest BCUT2D eigenvalue weighted by Gasteiger charge is 2.28. The van der Waals surface area contributed by atoms with E-state index in [4.69, 9.17) is 0 Å². The number of phenols is 1. The lowest BCUT2D eigenvalue weighted by atomic mass is 10.1. The molecule has 1 atom stereocenters. The predicted octanol–water partition coefficient (Wildman–Crippen LogP) is 0.917. The summed E-state index contributed by atoms with van der Waals surface area (Å²) in [5, 5.41) is 9.77. The molecule has 1 aromatic carbocycles. The second kappa shape index (κ2) is 4.98. The molecular formula is C16H17N5O3. The first kappa shape index (κ1) is 14.6. The number of imidazole rings is 1. The zero-order valence-electron chi connectivity index (χ0n) is 13.4. The number of benzene rings is 1. The average molecular weight is 327 g/mol. The smallest absolute Gasteiger partial charge is 0.329 e. The molecule has 0 saturated heterocycles. The maximum Gasteiger partial charge on any atom is 0.329 e. The van der Waals surface area contributed by atoms with Crippen LogP contribution in [0.1, 0.15) is 6.92 Å². The molecule has 3 heterocycles. The van der Waals surface area contributed by atoms with Crippen LogP contribution in [-0.2, 0) is 13.6 Å². The molecule has 3 aromatic rings. The van der Waals surface area contributed by atoms with Gasteiger partial charge in [0.05, 0.1) is 0 Å². The third-order valence-corrected chi connectivity index (χ3v) is 4.36. The van der Waals surface area contributed by atoms with E-state index in [-0.39, 0.29) is 11.7 Å². The molecule has 2 N–H and O–H groups in total. The Balaban J connectivity index is 2.02. The van der Waals surface area contributed by atoms with Crippen LogP contribution in [-0.4, -0.2) is 30.8 Å². The van der Waals surface area contributed by atoms with Crippen LogP contribution in [0.2, 0.25) is 0 Å². The zero-order valence-corrected chi connectivity index (χ0v) is 13.4.